The molecule has 9 heteroatoms. The fourth-order valence-electron chi connectivity index (χ4n) is 2.23. The molecule has 0 radical (unpaired) electrons. The summed E-state index contributed by atoms with van der Waals surface area (Å²) in [7, 11) is 1.59. The molecule has 0 saturated heterocycles. The summed E-state index contributed by atoms with van der Waals surface area (Å²) in [6.45, 7) is -0.113. The highest BCUT2D eigenvalue weighted by atomic mass is 32.2. The highest BCUT2D eigenvalue weighted by Crippen LogP contribution is 2.26. The number of likely N-dealkylation sites (N-methyl/N-ethyl adjacent to an activating group) is 1. The summed E-state index contributed by atoms with van der Waals surface area (Å²) in [5, 5.41) is 5.17. The van der Waals surface area contributed by atoms with Gasteiger partial charge in [0.2, 0.25) is 11.8 Å². The zero-order valence-corrected chi connectivity index (χ0v) is 15.2. The molecule has 2 N–H and O–H groups in total. The van der Waals surface area contributed by atoms with Gasteiger partial charge in [0.05, 0.1) is 13.1 Å². The zero-order valence-electron chi connectivity index (χ0n) is 14.4. The average molecular weight is 397 g/mol. The number of hydrogen-bond acceptors (Lipinski definition) is 4. The largest absolute Gasteiger partial charge is 0.325 e. The topological polar surface area (TPSA) is 61.4 Å². The van der Waals surface area contributed by atoms with E-state index in [1.54, 1.807) is 13.1 Å². The normalized spacial score (nSPS) is 10.9. The average Bonchev–Trinajstić information content (AvgIpc) is 2.55. The predicted octanol–water partition coefficient (Wildman–Crippen LogP) is 3.65. The Morgan fingerprint density at radius 2 is 1.59 bits per heavy atom. The summed E-state index contributed by atoms with van der Waals surface area (Å²) in [4.78, 5) is 25.8. The fraction of sp³-hybridized carbons (Fsp3) is 0.222. The molecular formula is C18H18F3N3O2S. The van der Waals surface area contributed by atoms with Crippen LogP contribution in [0.1, 0.15) is 0 Å². The molecule has 2 aromatic carbocycles. The maximum absolute atomic E-state index is 13.1. The standard InChI is InChI=1S/C18H18F3N3O2S/c1-24(11-17(26)23-14-4-2-3-12(19)9-14)10-16(25)22-13-5-7-15(8-6-13)27-18(20)21/h2-9,18H,10-11H2,1H3,(H,22,25)(H,23,26). The van der Waals surface area contributed by atoms with E-state index in [9.17, 15) is 22.8 Å². The molecule has 0 aromatic heterocycles. The summed E-state index contributed by atoms with van der Waals surface area (Å²) in [6, 6.07) is 11.5. The van der Waals surface area contributed by atoms with Gasteiger partial charge in [-0.2, -0.15) is 8.78 Å². The number of carbonyl (C=O) groups excluding carboxylic acids is 2. The Bertz CT molecular complexity index is 788. The number of amides is 2. The Morgan fingerprint density at radius 3 is 2.15 bits per heavy atom. The third-order valence-corrected chi connectivity index (χ3v) is 4.02. The van der Waals surface area contributed by atoms with Crippen molar-refractivity contribution in [3.63, 3.8) is 0 Å². The van der Waals surface area contributed by atoms with Crippen LogP contribution in [-0.2, 0) is 9.59 Å². The molecule has 0 spiro atoms. The number of halogens is 3. The molecule has 0 heterocycles. The Hall–Kier alpha value is -2.52. The van der Waals surface area contributed by atoms with Crippen LogP contribution in [0.3, 0.4) is 0 Å². The summed E-state index contributed by atoms with van der Waals surface area (Å²) in [5.41, 5.74) is 0.802. The number of hydrogen-bond donors (Lipinski definition) is 2. The van der Waals surface area contributed by atoms with E-state index in [4.69, 9.17) is 0 Å². The first-order valence-electron chi connectivity index (χ1n) is 7.90. The lowest BCUT2D eigenvalue weighted by Gasteiger charge is -2.16. The van der Waals surface area contributed by atoms with E-state index in [-0.39, 0.29) is 24.9 Å². The van der Waals surface area contributed by atoms with Crippen LogP contribution in [0.2, 0.25) is 0 Å². The van der Waals surface area contributed by atoms with Crippen LogP contribution in [0.25, 0.3) is 0 Å². The number of nitrogens with one attached hydrogen (secondary N) is 2. The van der Waals surface area contributed by atoms with Gasteiger partial charge >= 0.3 is 0 Å². The molecule has 0 bridgehead atoms. The van der Waals surface area contributed by atoms with E-state index in [1.807, 2.05) is 0 Å². The minimum Gasteiger partial charge on any atom is -0.325 e. The molecule has 2 amide bonds. The zero-order chi connectivity index (χ0) is 19.8. The molecule has 0 atom stereocenters. The van der Waals surface area contributed by atoms with E-state index in [2.05, 4.69) is 10.6 Å². The molecule has 2 rings (SSSR count). The first-order valence-corrected chi connectivity index (χ1v) is 8.78. The van der Waals surface area contributed by atoms with E-state index in [1.165, 1.54) is 47.4 Å². The van der Waals surface area contributed by atoms with Crippen molar-refractivity contribution in [1.82, 2.24) is 4.90 Å². The first-order chi connectivity index (χ1) is 12.8. The van der Waals surface area contributed by atoms with Gasteiger partial charge in [0.1, 0.15) is 5.82 Å². The van der Waals surface area contributed by atoms with Crippen LogP contribution in [0.4, 0.5) is 24.5 Å². The second kappa shape index (κ2) is 9.98. The van der Waals surface area contributed by atoms with E-state index >= 15 is 0 Å². The van der Waals surface area contributed by atoms with Crippen molar-refractivity contribution in [1.29, 1.82) is 0 Å². The summed E-state index contributed by atoms with van der Waals surface area (Å²) in [5.74, 6) is -3.70. The van der Waals surface area contributed by atoms with E-state index in [0.29, 0.717) is 28.0 Å². The fourth-order valence-corrected chi connectivity index (χ4v) is 2.73. The quantitative estimate of drug-likeness (QED) is 0.668. The van der Waals surface area contributed by atoms with Crippen molar-refractivity contribution in [3.8, 4) is 0 Å². The number of thioether (sulfide) groups is 1. The van der Waals surface area contributed by atoms with Gasteiger partial charge in [0.15, 0.2) is 0 Å². The second-order valence-corrected chi connectivity index (χ2v) is 6.75. The van der Waals surface area contributed by atoms with Gasteiger partial charge in [0.25, 0.3) is 5.76 Å². The smallest absolute Gasteiger partial charge is 0.288 e. The first kappa shape index (κ1) is 20.8. The van der Waals surface area contributed by atoms with Crippen LogP contribution in [-0.4, -0.2) is 42.6 Å². The highest BCUT2D eigenvalue weighted by Gasteiger charge is 2.12. The Kier molecular flexibility index (Phi) is 7.68. The highest BCUT2D eigenvalue weighted by molar-refractivity contribution is 7.99. The molecule has 0 aliphatic heterocycles. The number of carbonyl (C=O) groups is 2. The summed E-state index contributed by atoms with van der Waals surface area (Å²) < 4.78 is 37.6. The van der Waals surface area contributed by atoms with Gasteiger partial charge in [-0.1, -0.05) is 17.8 Å². The monoisotopic (exact) mass is 397 g/mol. The van der Waals surface area contributed by atoms with Crippen LogP contribution in [0.15, 0.2) is 53.4 Å². The molecule has 0 unspecified atom stereocenters. The SMILES string of the molecule is CN(CC(=O)Nc1ccc(SC(F)F)cc1)CC(=O)Nc1cccc(F)c1. The Labute approximate surface area is 158 Å². The van der Waals surface area contributed by atoms with E-state index in [0.717, 1.165) is 0 Å². The summed E-state index contributed by atoms with van der Waals surface area (Å²) >= 11 is 0.423. The minimum atomic E-state index is -2.50. The molecule has 0 saturated carbocycles. The second-order valence-electron chi connectivity index (χ2n) is 5.68. The molecule has 27 heavy (non-hydrogen) atoms. The molecule has 0 aliphatic carbocycles. The number of anilines is 2. The third-order valence-electron chi connectivity index (χ3n) is 3.30. The minimum absolute atomic E-state index is 0.0515. The van der Waals surface area contributed by atoms with Gasteiger partial charge in [-0.05, 0) is 49.5 Å². The molecule has 144 valence electrons. The Balaban J connectivity index is 1.78. The number of rotatable bonds is 8. The van der Waals surface area contributed by atoms with Gasteiger partial charge in [-0.25, -0.2) is 4.39 Å². The molecule has 2 aromatic rings. The van der Waals surface area contributed by atoms with Gasteiger partial charge in [0, 0.05) is 16.3 Å². The van der Waals surface area contributed by atoms with Crippen LogP contribution in [0.5, 0.6) is 0 Å². The molecular weight excluding hydrogens is 379 g/mol. The number of alkyl halides is 2. The van der Waals surface area contributed by atoms with Crippen LogP contribution in [0, 0.1) is 5.82 Å². The lowest BCUT2D eigenvalue weighted by molar-refractivity contribution is -0.119. The Morgan fingerprint density at radius 1 is 1.00 bits per heavy atom. The van der Waals surface area contributed by atoms with Gasteiger partial charge in [-0.15, -0.1) is 0 Å². The predicted molar refractivity (Wildman–Crippen MR) is 99.5 cm³/mol. The van der Waals surface area contributed by atoms with Crippen molar-refractivity contribution in [2.45, 2.75) is 10.7 Å². The van der Waals surface area contributed by atoms with Crippen molar-refractivity contribution in [2.24, 2.45) is 0 Å². The van der Waals surface area contributed by atoms with Gasteiger partial charge < -0.3 is 10.6 Å². The van der Waals surface area contributed by atoms with Gasteiger partial charge in [-0.3, -0.25) is 14.5 Å². The van der Waals surface area contributed by atoms with Crippen molar-refractivity contribution in [3.05, 3.63) is 54.3 Å². The molecule has 0 aliphatic rings. The maximum atomic E-state index is 13.1. The lowest BCUT2D eigenvalue weighted by atomic mass is 10.3. The number of benzene rings is 2. The van der Waals surface area contributed by atoms with E-state index < -0.39 is 11.6 Å². The summed E-state index contributed by atoms with van der Waals surface area (Å²) in [6.07, 6.45) is 0. The van der Waals surface area contributed by atoms with Crippen molar-refractivity contribution >= 4 is 35.0 Å². The molecule has 5 nitrogen and oxygen atoms in total. The van der Waals surface area contributed by atoms with Crippen molar-refractivity contribution < 1.29 is 22.8 Å². The number of nitrogens with zero attached hydrogens (tertiary/aromatic N) is 1. The molecule has 0 fully saturated rings. The van der Waals surface area contributed by atoms with Crippen LogP contribution >= 0.6 is 11.8 Å². The lowest BCUT2D eigenvalue weighted by Crippen LogP contribution is -2.36. The van der Waals surface area contributed by atoms with Crippen molar-refractivity contribution in [2.75, 3.05) is 30.8 Å². The maximum Gasteiger partial charge on any atom is 0.288 e. The third kappa shape index (κ3) is 7.71. The van der Waals surface area contributed by atoms with Crippen LogP contribution < -0.4 is 10.6 Å².